The van der Waals surface area contributed by atoms with Crippen molar-refractivity contribution < 1.29 is 0 Å². The van der Waals surface area contributed by atoms with Crippen molar-refractivity contribution in [3.63, 3.8) is 0 Å². The second kappa shape index (κ2) is 5.62. The standard InChI is InChI=1S/C17H22N2/c1-2-18-12-14-9-10-19(13-14)17-8-7-15-5-3-4-6-16(15)11-17/h3-8,11,14,18H,2,9-10,12-13H2,1H3. The summed E-state index contributed by atoms with van der Waals surface area (Å²) >= 11 is 0. The molecule has 100 valence electrons. The summed E-state index contributed by atoms with van der Waals surface area (Å²) in [6, 6.07) is 15.4. The second-order valence-electron chi connectivity index (χ2n) is 5.44. The summed E-state index contributed by atoms with van der Waals surface area (Å²) in [5.41, 5.74) is 1.37. The summed E-state index contributed by atoms with van der Waals surface area (Å²) in [4.78, 5) is 2.52. The molecule has 2 aromatic carbocycles. The van der Waals surface area contributed by atoms with E-state index in [1.165, 1.54) is 36.0 Å². The number of rotatable bonds is 4. The van der Waals surface area contributed by atoms with Crippen LogP contribution in [0.2, 0.25) is 0 Å². The molecule has 3 rings (SSSR count). The Labute approximate surface area is 115 Å². The number of anilines is 1. The molecule has 0 amide bonds. The van der Waals surface area contributed by atoms with Gasteiger partial charge < -0.3 is 10.2 Å². The molecule has 1 fully saturated rings. The molecule has 1 saturated heterocycles. The molecule has 0 aliphatic carbocycles. The molecule has 2 heteroatoms. The number of benzene rings is 2. The SMILES string of the molecule is CCNCC1CCN(c2ccc3ccccc3c2)C1. The Balaban J connectivity index is 1.74. The van der Waals surface area contributed by atoms with E-state index in [0.717, 1.165) is 19.0 Å². The molecule has 2 nitrogen and oxygen atoms in total. The summed E-state index contributed by atoms with van der Waals surface area (Å²) in [6.07, 6.45) is 1.31. The highest BCUT2D eigenvalue weighted by Crippen LogP contribution is 2.26. The van der Waals surface area contributed by atoms with Gasteiger partial charge in [0.1, 0.15) is 0 Å². The van der Waals surface area contributed by atoms with Crippen LogP contribution in [0.1, 0.15) is 13.3 Å². The van der Waals surface area contributed by atoms with E-state index in [1.807, 2.05) is 0 Å². The van der Waals surface area contributed by atoms with E-state index in [2.05, 4.69) is 59.6 Å². The van der Waals surface area contributed by atoms with Gasteiger partial charge in [-0.2, -0.15) is 0 Å². The van der Waals surface area contributed by atoms with Gasteiger partial charge in [0.05, 0.1) is 0 Å². The third-order valence-corrected chi connectivity index (χ3v) is 4.07. The van der Waals surface area contributed by atoms with Crippen molar-refractivity contribution in [1.29, 1.82) is 0 Å². The van der Waals surface area contributed by atoms with Crippen LogP contribution in [0.25, 0.3) is 10.8 Å². The highest BCUT2D eigenvalue weighted by atomic mass is 15.2. The van der Waals surface area contributed by atoms with E-state index in [0.29, 0.717) is 0 Å². The number of nitrogens with zero attached hydrogens (tertiary/aromatic N) is 1. The van der Waals surface area contributed by atoms with Gasteiger partial charge in [0.25, 0.3) is 0 Å². The molecular weight excluding hydrogens is 232 g/mol. The molecule has 0 saturated carbocycles. The van der Waals surface area contributed by atoms with E-state index in [1.54, 1.807) is 0 Å². The molecular formula is C17H22N2. The van der Waals surface area contributed by atoms with Crippen LogP contribution in [-0.2, 0) is 0 Å². The normalized spacial score (nSPS) is 19.2. The zero-order chi connectivity index (χ0) is 13.1. The highest BCUT2D eigenvalue weighted by molar-refractivity contribution is 5.85. The molecule has 1 unspecified atom stereocenters. The zero-order valence-electron chi connectivity index (χ0n) is 11.6. The molecule has 19 heavy (non-hydrogen) atoms. The lowest BCUT2D eigenvalue weighted by molar-refractivity contribution is 0.528. The maximum atomic E-state index is 3.47. The molecule has 1 aliphatic heterocycles. The van der Waals surface area contributed by atoms with Gasteiger partial charge in [-0.3, -0.25) is 0 Å². The number of hydrogen-bond acceptors (Lipinski definition) is 2. The first-order chi connectivity index (χ1) is 9.36. The molecule has 2 aromatic rings. The van der Waals surface area contributed by atoms with Crippen LogP contribution in [0.5, 0.6) is 0 Å². The van der Waals surface area contributed by atoms with Crippen LogP contribution in [-0.4, -0.2) is 26.2 Å². The quantitative estimate of drug-likeness (QED) is 0.901. The molecule has 0 spiro atoms. The molecule has 0 bridgehead atoms. The van der Waals surface area contributed by atoms with E-state index in [-0.39, 0.29) is 0 Å². The van der Waals surface area contributed by atoms with Crippen molar-refractivity contribution in [2.75, 3.05) is 31.1 Å². The van der Waals surface area contributed by atoms with Crippen molar-refractivity contribution in [2.24, 2.45) is 5.92 Å². The fourth-order valence-corrected chi connectivity index (χ4v) is 2.96. The van der Waals surface area contributed by atoms with Crippen LogP contribution >= 0.6 is 0 Å². The van der Waals surface area contributed by atoms with Crippen molar-refractivity contribution in [3.8, 4) is 0 Å². The first-order valence-corrected chi connectivity index (χ1v) is 7.31. The Kier molecular flexibility index (Phi) is 3.69. The van der Waals surface area contributed by atoms with Crippen molar-refractivity contribution in [2.45, 2.75) is 13.3 Å². The van der Waals surface area contributed by atoms with Crippen LogP contribution in [0.4, 0.5) is 5.69 Å². The summed E-state index contributed by atoms with van der Waals surface area (Å²) in [7, 11) is 0. The Morgan fingerprint density at radius 3 is 2.84 bits per heavy atom. The molecule has 0 radical (unpaired) electrons. The maximum Gasteiger partial charge on any atom is 0.0372 e. The summed E-state index contributed by atoms with van der Waals surface area (Å²) in [6.45, 7) is 6.78. The maximum absolute atomic E-state index is 3.47. The lowest BCUT2D eigenvalue weighted by Crippen LogP contribution is -2.26. The minimum atomic E-state index is 0.798. The van der Waals surface area contributed by atoms with Gasteiger partial charge >= 0.3 is 0 Å². The average Bonchev–Trinajstić information content (AvgIpc) is 2.93. The molecule has 1 N–H and O–H groups in total. The first-order valence-electron chi connectivity index (χ1n) is 7.31. The fraction of sp³-hybridized carbons (Fsp3) is 0.412. The number of hydrogen-bond donors (Lipinski definition) is 1. The minimum Gasteiger partial charge on any atom is -0.371 e. The van der Waals surface area contributed by atoms with E-state index in [4.69, 9.17) is 0 Å². The van der Waals surface area contributed by atoms with Crippen LogP contribution in [0, 0.1) is 5.92 Å². The predicted molar refractivity (Wildman–Crippen MR) is 82.8 cm³/mol. The summed E-state index contributed by atoms with van der Waals surface area (Å²) in [5, 5.41) is 6.14. The van der Waals surface area contributed by atoms with Crippen molar-refractivity contribution in [1.82, 2.24) is 5.32 Å². The minimum absolute atomic E-state index is 0.798. The Bertz CT molecular complexity index is 550. The first kappa shape index (κ1) is 12.5. The highest BCUT2D eigenvalue weighted by Gasteiger charge is 2.22. The van der Waals surface area contributed by atoms with E-state index >= 15 is 0 Å². The average molecular weight is 254 g/mol. The van der Waals surface area contributed by atoms with Gasteiger partial charge in [-0.25, -0.2) is 0 Å². The van der Waals surface area contributed by atoms with Crippen LogP contribution < -0.4 is 10.2 Å². The summed E-state index contributed by atoms with van der Waals surface area (Å²) < 4.78 is 0. The Morgan fingerprint density at radius 2 is 2.00 bits per heavy atom. The molecule has 1 heterocycles. The van der Waals surface area contributed by atoms with Crippen LogP contribution in [0.3, 0.4) is 0 Å². The molecule has 0 aromatic heterocycles. The topological polar surface area (TPSA) is 15.3 Å². The monoisotopic (exact) mass is 254 g/mol. The Hall–Kier alpha value is -1.54. The smallest absolute Gasteiger partial charge is 0.0372 e. The predicted octanol–water partition coefficient (Wildman–Crippen LogP) is 3.28. The number of nitrogens with one attached hydrogen (secondary N) is 1. The second-order valence-corrected chi connectivity index (χ2v) is 5.44. The van der Waals surface area contributed by atoms with Gasteiger partial charge in [0.2, 0.25) is 0 Å². The van der Waals surface area contributed by atoms with Crippen molar-refractivity contribution >= 4 is 16.5 Å². The third kappa shape index (κ3) is 2.74. The third-order valence-electron chi connectivity index (χ3n) is 4.07. The fourth-order valence-electron chi connectivity index (χ4n) is 2.96. The lowest BCUT2D eigenvalue weighted by atomic mass is 10.1. The Morgan fingerprint density at radius 1 is 1.16 bits per heavy atom. The van der Waals surface area contributed by atoms with Crippen molar-refractivity contribution in [3.05, 3.63) is 42.5 Å². The summed E-state index contributed by atoms with van der Waals surface area (Å²) in [5.74, 6) is 0.798. The molecule has 1 aliphatic rings. The lowest BCUT2D eigenvalue weighted by Gasteiger charge is -2.19. The van der Waals surface area contributed by atoms with Gasteiger partial charge in [0, 0.05) is 18.8 Å². The van der Waals surface area contributed by atoms with E-state index in [9.17, 15) is 0 Å². The zero-order valence-corrected chi connectivity index (χ0v) is 11.6. The van der Waals surface area contributed by atoms with Gasteiger partial charge in [-0.15, -0.1) is 0 Å². The number of fused-ring (bicyclic) bond motifs is 1. The van der Waals surface area contributed by atoms with Gasteiger partial charge in [-0.1, -0.05) is 37.3 Å². The van der Waals surface area contributed by atoms with Gasteiger partial charge in [-0.05, 0) is 48.3 Å². The van der Waals surface area contributed by atoms with Crippen LogP contribution in [0.15, 0.2) is 42.5 Å². The van der Waals surface area contributed by atoms with Gasteiger partial charge in [0.15, 0.2) is 0 Å². The largest absolute Gasteiger partial charge is 0.371 e. The van der Waals surface area contributed by atoms with E-state index < -0.39 is 0 Å². The molecule has 1 atom stereocenters.